The minimum atomic E-state index is -0.0882. The predicted octanol–water partition coefficient (Wildman–Crippen LogP) is 2.20. The number of rotatable bonds is 4. The highest BCUT2D eigenvalue weighted by Gasteiger charge is 2.09. The van der Waals surface area contributed by atoms with Crippen molar-refractivity contribution < 1.29 is 4.79 Å². The predicted molar refractivity (Wildman–Crippen MR) is 59.1 cm³/mol. The number of hydrogen-bond acceptors (Lipinski definition) is 3. The Kier molecular flexibility index (Phi) is 4.35. The summed E-state index contributed by atoms with van der Waals surface area (Å²) in [6, 6.07) is 0. The van der Waals surface area contributed by atoms with Gasteiger partial charge in [-0.05, 0) is 13.3 Å². The topological polar surface area (TPSA) is 42.0 Å². The molecule has 1 atom stereocenters. The normalized spacial score (nSPS) is 12.5. The fourth-order valence-electron chi connectivity index (χ4n) is 0.901. The summed E-state index contributed by atoms with van der Waals surface area (Å²) in [5.41, 5.74) is 0. The van der Waals surface area contributed by atoms with Gasteiger partial charge in [-0.2, -0.15) is 0 Å². The third-order valence-electron chi connectivity index (χ3n) is 1.77. The molecule has 1 aromatic heterocycles. The molecule has 0 aliphatic rings. The summed E-state index contributed by atoms with van der Waals surface area (Å²) in [5.74, 6) is -0.0882. The number of aryl methyl sites for hydroxylation is 1. The van der Waals surface area contributed by atoms with Crippen LogP contribution in [0.15, 0.2) is 6.20 Å². The molecule has 1 aromatic rings. The average Bonchev–Trinajstić information content (AvgIpc) is 2.60. The number of carbonyl (C=O) groups excluding carboxylic acids is 1. The van der Waals surface area contributed by atoms with E-state index in [9.17, 15) is 4.79 Å². The lowest BCUT2D eigenvalue weighted by Gasteiger charge is -2.06. The van der Waals surface area contributed by atoms with Crippen LogP contribution in [0.3, 0.4) is 0 Å². The van der Waals surface area contributed by atoms with Gasteiger partial charge in [0.15, 0.2) is 0 Å². The van der Waals surface area contributed by atoms with Gasteiger partial charge in [-0.3, -0.25) is 4.79 Å². The van der Waals surface area contributed by atoms with Gasteiger partial charge in [0.1, 0.15) is 4.88 Å². The van der Waals surface area contributed by atoms with E-state index in [2.05, 4.69) is 10.3 Å². The Morgan fingerprint density at radius 3 is 3.00 bits per heavy atom. The van der Waals surface area contributed by atoms with Crippen molar-refractivity contribution in [2.24, 2.45) is 0 Å². The van der Waals surface area contributed by atoms with Crippen molar-refractivity contribution >= 4 is 28.8 Å². The van der Waals surface area contributed by atoms with E-state index < -0.39 is 0 Å². The van der Waals surface area contributed by atoms with Crippen molar-refractivity contribution in [3.8, 4) is 0 Å². The number of alkyl halides is 1. The van der Waals surface area contributed by atoms with Crippen molar-refractivity contribution in [1.29, 1.82) is 0 Å². The third-order valence-corrected chi connectivity index (χ3v) is 3.15. The molecule has 0 aliphatic heterocycles. The number of halogens is 1. The molecule has 0 saturated carbocycles. The lowest BCUT2D eigenvalue weighted by atomic mass is 10.3. The van der Waals surface area contributed by atoms with Gasteiger partial charge in [-0.25, -0.2) is 4.98 Å². The molecule has 0 saturated heterocycles. The van der Waals surface area contributed by atoms with Crippen LogP contribution in [-0.4, -0.2) is 22.8 Å². The standard InChI is InChI=1S/C9H13ClN2OS/c1-3-7(10)4-12-9(13)8-5-11-6(2)14-8/h5,7H,3-4H2,1-2H3,(H,12,13). The zero-order chi connectivity index (χ0) is 10.6. The van der Waals surface area contributed by atoms with E-state index >= 15 is 0 Å². The number of aromatic nitrogens is 1. The van der Waals surface area contributed by atoms with Crippen LogP contribution in [-0.2, 0) is 0 Å². The molecular formula is C9H13ClN2OS. The molecule has 1 heterocycles. The van der Waals surface area contributed by atoms with Gasteiger partial charge in [0, 0.05) is 6.54 Å². The summed E-state index contributed by atoms with van der Waals surface area (Å²) in [5, 5.41) is 3.67. The number of hydrogen-bond donors (Lipinski definition) is 1. The van der Waals surface area contributed by atoms with E-state index in [0.29, 0.717) is 11.4 Å². The Bertz CT molecular complexity index is 314. The molecule has 0 radical (unpaired) electrons. The molecule has 0 aliphatic carbocycles. The van der Waals surface area contributed by atoms with Crippen LogP contribution >= 0.6 is 22.9 Å². The van der Waals surface area contributed by atoms with Crippen molar-refractivity contribution in [2.45, 2.75) is 25.6 Å². The highest BCUT2D eigenvalue weighted by molar-refractivity contribution is 7.13. The first-order valence-electron chi connectivity index (χ1n) is 4.48. The summed E-state index contributed by atoms with van der Waals surface area (Å²) < 4.78 is 0. The highest BCUT2D eigenvalue weighted by Crippen LogP contribution is 2.11. The SMILES string of the molecule is CCC(Cl)CNC(=O)c1cnc(C)s1. The number of nitrogens with zero attached hydrogens (tertiary/aromatic N) is 1. The van der Waals surface area contributed by atoms with Gasteiger partial charge in [0.2, 0.25) is 0 Å². The Morgan fingerprint density at radius 2 is 2.50 bits per heavy atom. The summed E-state index contributed by atoms with van der Waals surface area (Å²) >= 11 is 7.26. The maximum absolute atomic E-state index is 11.5. The molecule has 0 aromatic carbocycles. The minimum Gasteiger partial charge on any atom is -0.350 e. The number of amides is 1. The van der Waals surface area contributed by atoms with Crippen molar-refractivity contribution in [3.05, 3.63) is 16.1 Å². The Morgan fingerprint density at radius 1 is 1.79 bits per heavy atom. The van der Waals surface area contributed by atoms with E-state index in [0.717, 1.165) is 11.4 Å². The molecule has 1 rings (SSSR count). The second-order valence-corrected chi connectivity index (χ2v) is 4.81. The molecule has 5 heteroatoms. The molecule has 0 spiro atoms. The van der Waals surface area contributed by atoms with Gasteiger partial charge in [0.05, 0.1) is 16.6 Å². The molecule has 1 amide bonds. The fraction of sp³-hybridized carbons (Fsp3) is 0.556. The van der Waals surface area contributed by atoms with Crippen LogP contribution < -0.4 is 5.32 Å². The largest absolute Gasteiger partial charge is 0.350 e. The molecule has 78 valence electrons. The first-order chi connectivity index (χ1) is 6.63. The summed E-state index contributed by atoms with van der Waals surface area (Å²) in [6.45, 7) is 4.37. The lowest BCUT2D eigenvalue weighted by molar-refractivity contribution is 0.0957. The highest BCUT2D eigenvalue weighted by atomic mass is 35.5. The molecule has 1 N–H and O–H groups in total. The van der Waals surface area contributed by atoms with Crippen LogP contribution in [0.25, 0.3) is 0 Å². The average molecular weight is 233 g/mol. The first-order valence-corrected chi connectivity index (χ1v) is 5.73. The molecule has 0 bridgehead atoms. The minimum absolute atomic E-state index is 0.00738. The molecule has 14 heavy (non-hydrogen) atoms. The second kappa shape index (κ2) is 5.32. The quantitative estimate of drug-likeness (QED) is 0.809. The maximum atomic E-state index is 11.5. The zero-order valence-electron chi connectivity index (χ0n) is 8.21. The smallest absolute Gasteiger partial charge is 0.263 e. The Labute approximate surface area is 92.5 Å². The van der Waals surface area contributed by atoms with Gasteiger partial charge in [-0.15, -0.1) is 22.9 Å². The Balaban J connectivity index is 2.43. The number of carbonyl (C=O) groups is 1. The van der Waals surface area contributed by atoms with E-state index in [1.165, 1.54) is 11.3 Å². The maximum Gasteiger partial charge on any atom is 0.263 e. The second-order valence-electron chi connectivity index (χ2n) is 2.96. The monoisotopic (exact) mass is 232 g/mol. The van der Waals surface area contributed by atoms with Gasteiger partial charge in [-0.1, -0.05) is 6.92 Å². The zero-order valence-corrected chi connectivity index (χ0v) is 9.78. The van der Waals surface area contributed by atoms with Gasteiger partial charge in [0.25, 0.3) is 5.91 Å². The number of nitrogens with one attached hydrogen (secondary N) is 1. The fourth-order valence-corrected chi connectivity index (χ4v) is 1.67. The summed E-state index contributed by atoms with van der Waals surface area (Å²) in [4.78, 5) is 16.1. The Hall–Kier alpha value is -0.610. The van der Waals surface area contributed by atoms with Crippen LogP contribution in [0.1, 0.15) is 28.0 Å². The van der Waals surface area contributed by atoms with Crippen LogP contribution in [0.5, 0.6) is 0 Å². The van der Waals surface area contributed by atoms with Crippen molar-refractivity contribution in [2.75, 3.05) is 6.54 Å². The van der Waals surface area contributed by atoms with E-state index in [4.69, 9.17) is 11.6 Å². The van der Waals surface area contributed by atoms with Gasteiger partial charge >= 0.3 is 0 Å². The summed E-state index contributed by atoms with van der Waals surface area (Å²) in [6.07, 6.45) is 2.44. The lowest BCUT2D eigenvalue weighted by Crippen LogP contribution is -2.28. The molecule has 1 unspecified atom stereocenters. The van der Waals surface area contributed by atoms with Crippen LogP contribution in [0, 0.1) is 6.92 Å². The molecule has 0 fully saturated rings. The van der Waals surface area contributed by atoms with E-state index in [1.54, 1.807) is 6.20 Å². The molecule has 3 nitrogen and oxygen atoms in total. The van der Waals surface area contributed by atoms with Crippen molar-refractivity contribution in [3.63, 3.8) is 0 Å². The van der Waals surface area contributed by atoms with E-state index in [1.807, 2.05) is 13.8 Å². The first kappa shape index (κ1) is 11.5. The van der Waals surface area contributed by atoms with Crippen molar-refractivity contribution in [1.82, 2.24) is 10.3 Å². The summed E-state index contributed by atoms with van der Waals surface area (Å²) in [7, 11) is 0. The number of thiazole rings is 1. The van der Waals surface area contributed by atoms with Gasteiger partial charge < -0.3 is 5.32 Å². The van der Waals surface area contributed by atoms with Crippen LogP contribution in [0.2, 0.25) is 0 Å². The third kappa shape index (κ3) is 3.27. The van der Waals surface area contributed by atoms with Crippen LogP contribution in [0.4, 0.5) is 0 Å². The molecular weight excluding hydrogens is 220 g/mol. The van der Waals surface area contributed by atoms with E-state index in [-0.39, 0.29) is 11.3 Å².